The maximum Gasteiger partial charge on any atom is 0.0781 e. The van der Waals surface area contributed by atoms with E-state index in [1.54, 1.807) is 0 Å². The summed E-state index contributed by atoms with van der Waals surface area (Å²) in [5.41, 5.74) is 2.04. The molecule has 0 saturated carbocycles. The second-order valence-electron chi connectivity index (χ2n) is 2.70. The van der Waals surface area contributed by atoms with Crippen molar-refractivity contribution in [2.75, 3.05) is 0 Å². The van der Waals surface area contributed by atoms with Crippen LogP contribution in [0.1, 0.15) is 27.2 Å². The summed E-state index contributed by atoms with van der Waals surface area (Å²) in [6, 6.07) is 0. The van der Waals surface area contributed by atoms with Crippen molar-refractivity contribution in [1.29, 1.82) is 0 Å². The van der Waals surface area contributed by atoms with E-state index < -0.39 is 0 Å². The molecule has 0 aromatic carbocycles. The molecule has 10 heavy (non-hydrogen) atoms. The van der Waals surface area contributed by atoms with E-state index in [1.807, 2.05) is 26.8 Å². The third-order valence-electron chi connectivity index (χ3n) is 1.58. The zero-order chi connectivity index (χ0) is 8.15. The molecule has 0 aromatic heterocycles. The van der Waals surface area contributed by atoms with Crippen molar-refractivity contribution in [1.82, 2.24) is 0 Å². The van der Waals surface area contributed by atoms with Crippen LogP contribution in [-0.4, -0.2) is 11.2 Å². The molecule has 1 N–H and O–H groups in total. The molecule has 0 fully saturated rings. The van der Waals surface area contributed by atoms with E-state index in [9.17, 15) is 5.11 Å². The summed E-state index contributed by atoms with van der Waals surface area (Å²) < 4.78 is 0. The Bertz CT molecular complexity index is 145. The van der Waals surface area contributed by atoms with Gasteiger partial charge < -0.3 is 5.11 Å². The number of hydrogen-bond acceptors (Lipinski definition) is 1. The summed E-state index contributed by atoms with van der Waals surface area (Å²) in [4.78, 5) is 0. The van der Waals surface area contributed by atoms with E-state index >= 15 is 0 Å². The molecule has 0 saturated heterocycles. The van der Waals surface area contributed by atoms with Crippen molar-refractivity contribution in [3.8, 4) is 0 Å². The minimum absolute atomic E-state index is 0.365. The van der Waals surface area contributed by atoms with Gasteiger partial charge in [-0.15, -0.1) is 0 Å². The van der Waals surface area contributed by atoms with Crippen molar-refractivity contribution < 1.29 is 5.11 Å². The van der Waals surface area contributed by atoms with Crippen molar-refractivity contribution in [3.63, 3.8) is 0 Å². The number of hydrogen-bond donors (Lipinski definition) is 1. The van der Waals surface area contributed by atoms with Crippen molar-refractivity contribution in [2.45, 2.75) is 33.3 Å². The third-order valence-corrected chi connectivity index (χ3v) is 1.58. The average molecular weight is 140 g/mol. The molecule has 0 aliphatic heterocycles. The topological polar surface area (TPSA) is 20.2 Å². The number of aliphatic hydroxyl groups is 1. The summed E-state index contributed by atoms with van der Waals surface area (Å²) in [5.74, 6) is 0. The first-order valence-corrected chi connectivity index (χ1v) is 3.53. The molecule has 0 aliphatic rings. The van der Waals surface area contributed by atoms with E-state index in [0.29, 0.717) is 6.42 Å². The fourth-order valence-electron chi connectivity index (χ4n) is 0.597. The number of aliphatic hydroxyl groups excluding tert-OH is 1. The van der Waals surface area contributed by atoms with Crippen LogP contribution in [0.2, 0.25) is 0 Å². The molecule has 0 bridgehead atoms. The van der Waals surface area contributed by atoms with Crippen LogP contribution in [0.15, 0.2) is 23.8 Å². The molecule has 0 radical (unpaired) electrons. The Hall–Kier alpha value is -0.560. The van der Waals surface area contributed by atoms with Gasteiger partial charge in [-0.3, -0.25) is 0 Å². The SMILES string of the molecule is C=C(C)C(O)C/C(C)=C/C. The third kappa shape index (κ3) is 3.46. The van der Waals surface area contributed by atoms with E-state index in [1.165, 1.54) is 5.57 Å². The van der Waals surface area contributed by atoms with Crippen LogP contribution in [0.3, 0.4) is 0 Å². The van der Waals surface area contributed by atoms with Gasteiger partial charge in [0.15, 0.2) is 0 Å². The summed E-state index contributed by atoms with van der Waals surface area (Å²) in [6.45, 7) is 9.48. The zero-order valence-electron chi connectivity index (χ0n) is 7.02. The Balaban J connectivity index is 3.80. The highest BCUT2D eigenvalue weighted by atomic mass is 16.3. The van der Waals surface area contributed by atoms with Crippen molar-refractivity contribution in [3.05, 3.63) is 23.8 Å². The quantitative estimate of drug-likeness (QED) is 0.596. The van der Waals surface area contributed by atoms with Gasteiger partial charge in [-0.25, -0.2) is 0 Å². The summed E-state index contributed by atoms with van der Waals surface area (Å²) in [5, 5.41) is 9.29. The van der Waals surface area contributed by atoms with Gasteiger partial charge in [0.1, 0.15) is 0 Å². The molecule has 1 atom stereocenters. The van der Waals surface area contributed by atoms with Crippen LogP contribution in [0.5, 0.6) is 0 Å². The molecule has 0 spiro atoms. The first-order chi connectivity index (χ1) is 4.57. The standard InChI is InChI=1S/C9H16O/c1-5-8(4)6-9(10)7(2)3/h5,9-10H,2,6H2,1,3-4H3/b8-5+. The maximum atomic E-state index is 9.29. The predicted molar refractivity (Wildman–Crippen MR) is 44.9 cm³/mol. The van der Waals surface area contributed by atoms with Gasteiger partial charge in [0, 0.05) is 0 Å². The van der Waals surface area contributed by atoms with Gasteiger partial charge in [0.2, 0.25) is 0 Å². The van der Waals surface area contributed by atoms with Gasteiger partial charge in [-0.1, -0.05) is 23.8 Å². The van der Waals surface area contributed by atoms with Gasteiger partial charge in [0.05, 0.1) is 6.10 Å². The zero-order valence-corrected chi connectivity index (χ0v) is 7.02. The van der Waals surface area contributed by atoms with Gasteiger partial charge in [0.25, 0.3) is 0 Å². The lowest BCUT2D eigenvalue weighted by Gasteiger charge is -2.09. The summed E-state index contributed by atoms with van der Waals surface area (Å²) in [7, 11) is 0. The van der Waals surface area contributed by atoms with E-state index in [0.717, 1.165) is 5.57 Å². The Morgan fingerprint density at radius 2 is 2.10 bits per heavy atom. The molecular formula is C9H16O. The van der Waals surface area contributed by atoms with Crippen LogP contribution in [-0.2, 0) is 0 Å². The highest BCUT2D eigenvalue weighted by Gasteiger charge is 2.03. The maximum absolute atomic E-state index is 9.29. The average Bonchev–Trinajstić information content (AvgIpc) is 1.87. The molecule has 1 unspecified atom stereocenters. The van der Waals surface area contributed by atoms with Crippen LogP contribution in [0.25, 0.3) is 0 Å². The number of allylic oxidation sites excluding steroid dienone is 1. The minimum Gasteiger partial charge on any atom is -0.388 e. The first kappa shape index (κ1) is 9.44. The molecule has 0 aliphatic carbocycles. The molecule has 0 rings (SSSR count). The van der Waals surface area contributed by atoms with Gasteiger partial charge in [-0.2, -0.15) is 0 Å². The fraction of sp³-hybridized carbons (Fsp3) is 0.556. The highest BCUT2D eigenvalue weighted by molar-refractivity contribution is 5.06. The molecule has 1 heteroatoms. The van der Waals surface area contributed by atoms with Gasteiger partial charge >= 0.3 is 0 Å². The van der Waals surface area contributed by atoms with Crippen LogP contribution in [0, 0.1) is 0 Å². The normalized spacial score (nSPS) is 15.0. The lowest BCUT2D eigenvalue weighted by atomic mass is 10.1. The molecular weight excluding hydrogens is 124 g/mol. The Labute approximate surface area is 63.1 Å². The largest absolute Gasteiger partial charge is 0.388 e. The molecule has 0 aromatic rings. The smallest absolute Gasteiger partial charge is 0.0781 e. The summed E-state index contributed by atoms with van der Waals surface area (Å²) in [6.07, 6.45) is 2.36. The molecule has 1 nitrogen and oxygen atoms in total. The van der Waals surface area contributed by atoms with Crippen LogP contribution < -0.4 is 0 Å². The predicted octanol–water partition coefficient (Wildman–Crippen LogP) is 2.28. The lowest BCUT2D eigenvalue weighted by Crippen LogP contribution is -2.07. The van der Waals surface area contributed by atoms with E-state index in [4.69, 9.17) is 0 Å². The molecule has 58 valence electrons. The van der Waals surface area contributed by atoms with Crippen molar-refractivity contribution >= 4 is 0 Å². The minimum atomic E-state index is -0.365. The second kappa shape index (κ2) is 4.29. The monoisotopic (exact) mass is 140 g/mol. The Morgan fingerprint density at radius 3 is 2.40 bits per heavy atom. The lowest BCUT2D eigenvalue weighted by molar-refractivity contribution is 0.211. The Kier molecular flexibility index (Phi) is 4.05. The Morgan fingerprint density at radius 1 is 1.60 bits per heavy atom. The van der Waals surface area contributed by atoms with E-state index in [-0.39, 0.29) is 6.10 Å². The second-order valence-corrected chi connectivity index (χ2v) is 2.70. The van der Waals surface area contributed by atoms with Crippen LogP contribution >= 0.6 is 0 Å². The van der Waals surface area contributed by atoms with E-state index in [2.05, 4.69) is 6.58 Å². The van der Waals surface area contributed by atoms with Gasteiger partial charge in [-0.05, 0) is 27.2 Å². The molecule has 0 heterocycles. The summed E-state index contributed by atoms with van der Waals surface area (Å²) >= 11 is 0. The first-order valence-electron chi connectivity index (χ1n) is 3.53. The fourth-order valence-corrected chi connectivity index (χ4v) is 0.597. The molecule has 0 amide bonds. The highest BCUT2D eigenvalue weighted by Crippen LogP contribution is 2.09. The van der Waals surface area contributed by atoms with Crippen molar-refractivity contribution in [2.24, 2.45) is 0 Å². The van der Waals surface area contributed by atoms with Crippen LogP contribution in [0.4, 0.5) is 0 Å². The number of rotatable bonds is 3.